The average molecular weight is 387 g/mol. The molecule has 1 amide bonds. The number of carbonyl (C=O) groups is 1. The predicted octanol–water partition coefficient (Wildman–Crippen LogP) is 3.22. The highest BCUT2D eigenvalue weighted by Crippen LogP contribution is 2.39. The molecule has 0 radical (unpaired) electrons. The summed E-state index contributed by atoms with van der Waals surface area (Å²) in [5.74, 6) is 1.11. The van der Waals surface area contributed by atoms with E-state index in [1.54, 1.807) is 12.1 Å². The van der Waals surface area contributed by atoms with Crippen molar-refractivity contribution in [2.75, 3.05) is 26.4 Å². The van der Waals surface area contributed by atoms with E-state index in [4.69, 9.17) is 14.2 Å². The molecule has 0 aliphatic rings. The number of aliphatic hydroxyl groups is 1. The number of hydrogen-bond acceptors (Lipinski definition) is 5. The monoisotopic (exact) mass is 387 g/mol. The summed E-state index contributed by atoms with van der Waals surface area (Å²) in [4.78, 5) is 12.6. The van der Waals surface area contributed by atoms with Crippen LogP contribution in [0.1, 0.15) is 36.7 Å². The number of aliphatic hydroxyl groups excluding tert-OH is 1. The maximum atomic E-state index is 12.6. The summed E-state index contributed by atoms with van der Waals surface area (Å²) < 4.78 is 16.9. The number of benzene rings is 2. The van der Waals surface area contributed by atoms with Crippen molar-refractivity contribution >= 4 is 5.91 Å². The van der Waals surface area contributed by atoms with E-state index in [-0.39, 0.29) is 12.5 Å². The number of ether oxygens (including phenoxy) is 3. The molecular weight excluding hydrogens is 358 g/mol. The lowest BCUT2D eigenvalue weighted by molar-refractivity contribution is 0.0915. The first-order chi connectivity index (χ1) is 13.6. The van der Waals surface area contributed by atoms with E-state index in [2.05, 4.69) is 5.32 Å². The zero-order valence-electron chi connectivity index (χ0n) is 16.7. The fourth-order valence-corrected chi connectivity index (χ4v) is 2.79. The maximum Gasteiger partial charge on any atom is 0.251 e. The van der Waals surface area contributed by atoms with Gasteiger partial charge in [-0.1, -0.05) is 30.3 Å². The van der Waals surface area contributed by atoms with Crippen molar-refractivity contribution in [3.05, 3.63) is 53.6 Å². The quantitative estimate of drug-likeness (QED) is 0.619. The number of rotatable bonds is 11. The van der Waals surface area contributed by atoms with Gasteiger partial charge in [0.15, 0.2) is 11.5 Å². The highest BCUT2D eigenvalue weighted by molar-refractivity contribution is 5.95. The second-order valence-electron chi connectivity index (χ2n) is 6.15. The van der Waals surface area contributed by atoms with Crippen LogP contribution in [-0.4, -0.2) is 43.5 Å². The van der Waals surface area contributed by atoms with Gasteiger partial charge < -0.3 is 24.6 Å². The fourth-order valence-electron chi connectivity index (χ4n) is 2.79. The Morgan fingerprint density at radius 1 is 0.964 bits per heavy atom. The van der Waals surface area contributed by atoms with Crippen molar-refractivity contribution in [2.45, 2.75) is 33.3 Å². The molecular formula is C22H29NO5. The molecule has 0 aliphatic carbocycles. The van der Waals surface area contributed by atoms with Crippen molar-refractivity contribution in [3.8, 4) is 17.2 Å². The molecule has 0 fully saturated rings. The molecule has 0 bridgehead atoms. The van der Waals surface area contributed by atoms with Crippen molar-refractivity contribution in [1.82, 2.24) is 5.32 Å². The van der Waals surface area contributed by atoms with Crippen molar-refractivity contribution in [2.24, 2.45) is 0 Å². The van der Waals surface area contributed by atoms with Crippen molar-refractivity contribution in [1.29, 1.82) is 0 Å². The zero-order chi connectivity index (χ0) is 20.4. The summed E-state index contributed by atoms with van der Waals surface area (Å²) in [5.41, 5.74) is 1.41. The van der Waals surface area contributed by atoms with Crippen molar-refractivity contribution in [3.63, 3.8) is 0 Å². The van der Waals surface area contributed by atoms with Gasteiger partial charge in [-0.3, -0.25) is 4.79 Å². The lowest BCUT2D eigenvalue weighted by Gasteiger charge is -2.17. The molecule has 0 aromatic heterocycles. The summed E-state index contributed by atoms with van der Waals surface area (Å²) in [5, 5.41) is 13.0. The maximum absolute atomic E-state index is 12.6. The molecule has 1 atom stereocenters. The van der Waals surface area contributed by atoms with E-state index >= 15 is 0 Å². The normalized spacial score (nSPS) is 11.6. The molecule has 2 aromatic carbocycles. The Labute approximate surface area is 166 Å². The van der Waals surface area contributed by atoms with Gasteiger partial charge in [0, 0.05) is 18.5 Å². The number of hydrogen-bond donors (Lipinski definition) is 2. The van der Waals surface area contributed by atoms with E-state index in [1.807, 2.05) is 51.1 Å². The number of nitrogens with one attached hydrogen (secondary N) is 1. The van der Waals surface area contributed by atoms with Crippen LogP contribution in [0.4, 0.5) is 0 Å². The Hall–Kier alpha value is -2.73. The third kappa shape index (κ3) is 6.16. The van der Waals surface area contributed by atoms with Gasteiger partial charge in [-0.15, -0.1) is 0 Å². The second kappa shape index (κ2) is 11.2. The summed E-state index contributed by atoms with van der Waals surface area (Å²) >= 11 is 0. The largest absolute Gasteiger partial charge is 0.490 e. The van der Waals surface area contributed by atoms with Crippen LogP contribution >= 0.6 is 0 Å². The fraction of sp³-hybridized carbons (Fsp3) is 0.409. The Balaban J connectivity index is 2.10. The van der Waals surface area contributed by atoms with Crippen LogP contribution < -0.4 is 19.5 Å². The van der Waals surface area contributed by atoms with E-state index in [1.165, 1.54) is 0 Å². The summed E-state index contributed by atoms with van der Waals surface area (Å²) in [6, 6.07) is 12.9. The van der Waals surface area contributed by atoms with E-state index in [9.17, 15) is 9.90 Å². The van der Waals surface area contributed by atoms with Gasteiger partial charge >= 0.3 is 0 Å². The number of amides is 1. The minimum absolute atomic E-state index is 0.148. The Kier molecular flexibility index (Phi) is 8.62. The molecule has 28 heavy (non-hydrogen) atoms. The van der Waals surface area contributed by atoms with Gasteiger partial charge in [0.25, 0.3) is 5.91 Å². The molecule has 2 N–H and O–H groups in total. The van der Waals surface area contributed by atoms with E-state index < -0.39 is 6.10 Å². The lowest BCUT2D eigenvalue weighted by Crippen LogP contribution is -2.33. The lowest BCUT2D eigenvalue weighted by atomic mass is 10.1. The predicted molar refractivity (Wildman–Crippen MR) is 108 cm³/mol. The van der Waals surface area contributed by atoms with Crippen LogP contribution in [0.3, 0.4) is 0 Å². The van der Waals surface area contributed by atoms with Crippen molar-refractivity contribution < 1.29 is 24.1 Å². The standard InChI is InChI=1S/C22H29NO5/c1-4-26-19-13-17(14-20(27-5-2)21(19)28-6-3)22(25)23-15-18(24)12-16-10-8-7-9-11-16/h7-11,13-14,18,24H,4-6,12,15H2,1-3H3,(H,23,25). The minimum atomic E-state index is -0.674. The first-order valence-corrected chi connectivity index (χ1v) is 9.65. The van der Waals surface area contributed by atoms with Crippen LogP contribution in [0.25, 0.3) is 0 Å². The van der Waals surface area contributed by atoms with E-state index in [0.29, 0.717) is 49.1 Å². The SMILES string of the molecule is CCOc1cc(C(=O)NCC(O)Cc2ccccc2)cc(OCC)c1OCC. The third-order valence-electron chi connectivity index (χ3n) is 3.98. The molecule has 6 heteroatoms. The molecule has 152 valence electrons. The van der Waals surface area contributed by atoms with Crippen LogP contribution in [0.15, 0.2) is 42.5 Å². The molecule has 1 unspecified atom stereocenters. The summed E-state index contributed by atoms with van der Waals surface area (Å²) in [7, 11) is 0. The topological polar surface area (TPSA) is 77.0 Å². The molecule has 0 spiro atoms. The molecule has 6 nitrogen and oxygen atoms in total. The molecule has 0 saturated heterocycles. The minimum Gasteiger partial charge on any atom is -0.490 e. The zero-order valence-corrected chi connectivity index (χ0v) is 16.7. The van der Waals surface area contributed by atoms with Gasteiger partial charge in [0.05, 0.1) is 25.9 Å². The van der Waals surface area contributed by atoms with Gasteiger partial charge in [0.2, 0.25) is 5.75 Å². The molecule has 2 rings (SSSR count). The molecule has 0 saturated carbocycles. The van der Waals surface area contributed by atoms with Gasteiger partial charge in [0.1, 0.15) is 0 Å². The second-order valence-corrected chi connectivity index (χ2v) is 6.15. The molecule has 0 heterocycles. The highest BCUT2D eigenvalue weighted by Gasteiger charge is 2.19. The van der Waals surface area contributed by atoms with Crippen LogP contribution in [-0.2, 0) is 6.42 Å². The number of carbonyl (C=O) groups excluding carboxylic acids is 1. The molecule has 2 aromatic rings. The Morgan fingerprint density at radius 3 is 2.07 bits per heavy atom. The van der Waals surface area contributed by atoms with Gasteiger partial charge in [-0.05, 0) is 38.5 Å². The van der Waals surface area contributed by atoms with Crippen LogP contribution in [0.5, 0.6) is 17.2 Å². The van der Waals surface area contributed by atoms with Crippen LogP contribution in [0.2, 0.25) is 0 Å². The smallest absolute Gasteiger partial charge is 0.251 e. The third-order valence-corrected chi connectivity index (χ3v) is 3.98. The van der Waals surface area contributed by atoms with Gasteiger partial charge in [-0.25, -0.2) is 0 Å². The summed E-state index contributed by atoms with van der Waals surface area (Å²) in [6.45, 7) is 7.08. The van der Waals surface area contributed by atoms with E-state index in [0.717, 1.165) is 5.56 Å². The first kappa shape index (κ1) is 21.6. The summed E-state index contributed by atoms with van der Waals surface area (Å²) in [6.07, 6.45) is -0.203. The Bertz CT molecular complexity index is 721. The Morgan fingerprint density at radius 2 is 1.54 bits per heavy atom. The average Bonchev–Trinajstić information content (AvgIpc) is 2.69. The first-order valence-electron chi connectivity index (χ1n) is 9.65. The highest BCUT2D eigenvalue weighted by atomic mass is 16.5. The molecule has 0 aliphatic heterocycles. The van der Waals surface area contributed by atoms with Crippen LogP contribution in [0, 0.1) is 0 Å². The van der Waals surface area contributed by atoms with Gasteiger partial charge in [-0.2, -0.15) is 0 Å².